The number of anilines is 4. The van der Waals surface area contributed by atoms with Crippen LogP contribution < -0.4 is 10.6 Å². The van der Waals surface area contributed by atoms with Crippen molar-refractivity contribution < 1.29 is 4.39 Å². The van der Waals surface area contributed by atoms with E-state index in [1.54, 1.807) is 24.5 Å². The molecule has 2 N–H and O–H groups in total. The minimum Gasteiger partial charge on any atom is -0.338 e. The fourth-order valence-corrected chi connectivity index (χ4v) is 4.16. The van der Waals surface area contributed by atoms with Crippen LogP contribution in [0.5, 0.6) is 0 Å². The molecule has 3 heterocycles. The molecule has 0 spiro atoms. The van der Waals surface area contributed by atoms with E-state index in [1.807, 2.05) is 31.2 Å². The molecule has 4 aromatic rings. The Kier molecular flexibility index (Phi) is 6.29. The van der Waals surface area contributed by atoms with E-state index in [1.165, 1.54) is 6.07 Å². The summed E-state index contributed by atoms with van der Waals surface area (Å²) in [5.74, 6) is 0.694. The zero-order valence-corrected chi connectivity index (χ0v) is 19.3. The summed E-state index contributed by atoms with van der Waals surface area (Å²) in [5.41, 5.74) is 4.24. The van der Waals surface area contributed by atoms with Crippen LogP contribution in [0.1, 0.15) is 11.1 Å². The number of hydrogen-bond donors (Lipinski definition) is 2. The highest BCUT2D eigenvalue weighted by Crippen LogP contribution is 2.26. The number of piperazine rings is 1. The van der Waals surface area contributed by atoms with E-state index in [9.17, 15) is 4.39 Å². The summed E-state index contributed by atoms with van der Waals surface area (Å²) in [4.78, 5) is 13.5. The molecule has 174 valence electrons. The van der Waals surface area contributed by atoms with Crippen LogP contribution in [-0.4, -0.2) is 63.2 Å². The summed E-state index contributed by atoms with van der Waals surface area (Å²) in [6, 6.07) is 12.8. The lowest BCUT2D eigenvalue weighted by molar-refractivity contribution is 0.148. The van der Waals surface area contributed by atoms with Crippen molar-refractivity contribution in [2.45, 2.75) is 13.5 Å². The second kappa shape index (κ2) is 9.66. The van der Waals surface area contributed by atoms with Gasteiger partial charge in [0.25, 0.3) is 0 Å². The van der Waals surface area contributed by atoms with Gasteiger partial charge in [0.1, 0.15) is 11.6 Å². The van der Waals surface area contributed by atoms with Gasteiger partial charge in [-0.3, -0.25) is 4.90 Å². The number of rotatable bonds is 6. The van der Waals surface area contributed by atoms with Gasteiger partial charge in [-0.2, -0.15) is 15.2 Å². The summed E-state index contributed by atoms with van der Waals surface area (Å²) in [5, 5.41) is 15.8. The predicted molar refractivity (Wildman–Crippen MR) is 132 cm³/mol. The number of nitrogens with zero attached hydrogens (tertiary/aromatic N) is 6. The molecule has 0 atom stereocenters. The van der Waals surface area contributed by atoms with E-state index in [-0.39, 0.29) is 5.82 Å². The van der Waals surface area contributed by atoms with Gasteiger partial charge in [0, 0.05) is 50.0 Å². The van der Waals surface area contributed by atoms with Crippen molar-refractivity contribution in [2.75, 3.05) is 43.9 Å². The minimum atomic E-state index is -0.284. The van der Waals surface area contributed by atoms with Gasteiger partial charge in [0.15, 0.2) is 0 Å². The Hall–Kier alpha value is -3.69. The van der Waals surface area contributed by atoms with E-state index in [4.69, 9.17) is 0 Å². The topological polar surface area (TPSA) is 82.1 Å². The Morgan fingerprint density at radius 1 is 1.03 bits per heavy atom. The molecule has 2 aromatic carbocycles. The first-order valence-corrected chi connectivity index (χ1v) is 11.3. The Bertz CT molecular complexity index is 1300. The second-order valence-electron chi connectivity index (χ2n) is 8.67. The lowest BCUT2D eigenvalue weighted by atomic mass is 10.1. The highest BCUT2D eigenvalue weighted by atomic mass is 19.1. The highest BCUT2D eigenvalue weighted by Gasteiger charge is 2.15. The van der Waals surface area contributed by atoms with Crippen LogP contribution in [0.3, 0.4) is 0 Å². The van der Waals surface area contributed by atoms with Crippen molar-refractivity contribution in [2.24, 2.45) is 0 Å². The summed E-state index contributed by atoms with van der Waals surface area (Å²) < 4.78 is 14.4. The molecule has 0 saturated carbocycles. The van der Waals surface area contributed by atoms with E-state index in [2.05, 4.69) is 47.6 Å². The summed E-state index contributed by atoms with van der Waals surface area (Å²) in [6.07, 6.45) is 3.33. The molecule has 0 amide bonds. The standard InChI is InChI=1S/C25H27FN8/c1-17-4-3-5-21-22(15-28-32-24(17)21)30-23-6-7-27-25(31-23)29-20-13-18(12-19(26)14-20)16-34-10-8-33(2)9-11-34/h3-7,12-15H,8-11,16H2,1-2H3,(H2,27,29,30,31,32). The zero-order valence-electron chi connectivity index (χ0n) is 19.3. The molecule has 8 nitrogen and oxygen atoms in total. The molecule has 0 bridgehead atoms. The maximum Gasteiger partial charge on any atom is 0.229 e. The lowest BCUT2D eigenvalue weighted by Crippen LogP contribution is -2.43. The Labute approximate surface area is 197 Å². The van der Waals surface area contributed by atoms with E-state index < -0.39 is 0 Å². The Morgan fingerprint density at radius 2 is 1.88 bits per heavy atom. The van der Waals surface area contributed by atoms with Gasteiger partial charge >= 0.3 is 0 Å². The van der Waals surface area contributed by atoms with Gasteiger partial charge in [0.05, 0.1) is 17.4 Å². The van der Waals surface area contributed by atoms with Crippen molar-refractivity contribution in [3.8, 4) is 0 Å². The molecule has 1 saturated heterocycles. The number of aromatic nitrogens is 4. The third-order valence-electron chi connectivity index (χ3n) is 6.01. The average molecular weight is 459 g/mol. The van der Waals surface area contributed by atoms with E-state index >= 15 is 0 Å². The molecule has 1 fully saturated rings. The third-order valence-corrected chi connectivity index (χ3v) is 6.01. The molecule has 34 heavy (non-hydrogen) atoms. The molecular weight excluding hydrogens is 431 g/mol. The fraction of sp³-hybridized carbons (Fsp3) is 0.280. The summed E-state index contributed by atoms with van der Waals surface area (Å²) >= 11 is 0. The number of nitrogens with one attached hydrogen (secondary N) is 2. The van der Waals surface area contributed by atoms with Gasteiger partial charge in [-0.1, -0.05) is 18.2 Å². The van der Waals surface area contributed by atoms with Crippen LogP contribution >= 0.6 is 0 Å². The van der Waals surface area contributed by atoms with Crippen LogP contribution in [0, 0.1) is 12.7 Å². The number of likely N-dealkylation sites (N-methyl/N-ethyl adjacent to an activating group) is 1. The fourth-order valence-electron chi connectivity index (χ4n) is 4.16. The Morgan fingerprint density at radius 3 is 2.74 bits per heavy atom. The molecule has 0 aliphatic carbocycles. The first kappa shape index (κ1) is 22.1. The number of halogens is 1. The third kappa shape index (κ3) is 5.11. The van der Waals surface area contributed by atoms with Crippen molar-refractivity contribution in [1.29, 1.82) is 0 Å². The second-order valence-corrected chi connectivity index (χ2v) is 8.67. The zero-order chi connectivity index (χ0) is 23.5. The van der Waals surface area contributed by atoms with E-state index in [0.29, 0.717) is 24.0 Å². The molecule has 9 heteroatoms. The largest absolute Gasteiger partial charge is 0.338 e. The first-order valence-electron chi connectivity index (χ1n) is 11.3. The molecular formula is C25H27FN8. The number of fused-ring (bicyclic) bond motifs is 1. The number of benzene rings is 2. The quantitative estimate of drug-likeness (QED) is 0.447. The van der Waals surface area contributed by atoms with Crippen molar-refractivity contribution >= 4 is 34.0 Å². The average Bonchev–Trinajstić information content (AvgIpc) is 2.81. The molecule has 2 aromatic heterocycles. The van der Waals surface area contributed by atoms with Crippen molar-refractivity contribution in [1.82, 2.24) is 30.0 Å². The summed E-state index contributed by atoms with van der Waals surface area (Å²) in [7, 11) is 2.12. The SMILES string of the molecule is Cc1cccc2c(Nc3ccnc(Nc4cc(F)cc(CN5CCN(C)CC5)c4)n3)cnnc12. The van der Waals surface area contributed by atoms with Crippen LogP contribution in [0.25, 0.3) is 10.9 Å². The normalized spacial score (nSPS) is 14.9. The first-order chi connectivity index (χ1) is 16.5. The van der Waals surface area contributed by atoms with Crippen LogP contribution in [0.15, 0.2) is 54.9 Å². The smallest absolute Gasteiger partial charge is 0.229 e. The minimum absolute atomic E-state index is 0.284. The van der Waals surface area contributed by atoms with Gasteiger partial charge in [-0.15, -0.1) is 0 Å². The number of hydrogen-bond acceptors (Lipinski definition) is 8. The van der Waals surface area contributed by atoms with Crippen molar-refractivity contribution in [3.63, 3.8) is 0 Å². The molecule has 0 unspecified atom stereocenters. The van der Waals surface area contributed by atoms with Crippen LogP contribution in [0.2, 0.25) is 0 Å². The Balaban J connectivity index is 1.33. The predicted octanol–water partition coefficient (Wildman–Crippen LogP) is 4.10. The van der Waals surface area contributed by atoms with Gasteiger partial charge in [0.2, 0.25) is 5.95 Å². The maximum absolute atomic E-state index is 14.4. The highest BCUT2D eigenvalue weighted by molar-refractivity contribution is 5.93. The van der Waals surface area contributed by atoms with Crippen LogP contribution in [-0.2, 0) is 6.54 Å². The van der Waals surface area contributed by atoms with Gasteiger partial charge < -0.3 is 15.5 Å². The lowest BCUT2D eigenvalue weighted by Gasteiger charge is -2.32. The van der Waals surface area contributed by atoms with E-state index in [0.717, 1.165) is 53.9 Å². The maximum atomic E-state index is 14.4. The monoisotopic (exact) mass is 458 g/mol. The molecule has 5 rings (SSSR count). The van der Waals surface area contributed by atoms with Crippen LogP contribution in [0.4, 0.5) is 27.5 Å². The molecule has 1 aliphatic heterocycles. The van der Waals surface area contributed by atoms with Gasteiger partial charge in [-0.05, 0) is 49.4 Å². The summed E-state index contributed by atoms with van der Waals surface area (Å²) in [6.45, 7) is 6.72. The number of aryl methyl sites for hydroxylation is 1. The molecule has 1 aliphatic rings. The molecule has 0 radical (unpaired) electrons. The van der Waals surface area contributed by atoms with Crippen molar-refractivity contribution in [3.05, 3.63) is 71.8 Å². The van der Waals surface area contributed by atoms with Gasteiger partial charge in [-0.25, -0.2) is 9.37 Å².